The zero-order valence-corrected chi connectivity index (χ0v) is 24.8. The molecular formula is C32H35N5O6. The van der Waals surface area contributed by atoms with E-state index in [0.29, 0.717) is 66.6 Å². The predicted octanol–water partition coefficient (Wildman–Crippen LogP) is 5.89. The Bertz CT molecular complexity index is 1650. The summed E-state index contributed by atoms with van der Waals surface area (Å²) < 4.78 is 23.7. The highest BCUT2D eigenvalue weighted by Gasteiger charge is 2.31. The monoisotopic (exact) mass is 585 g/mol. The first-order valence-corrected chi connectivity index (χ1v) is 14.5. The number of piperidine rings is 1. The Kier molecular flexibility index (Phi) is 7.55. The highest BCUT2D eigenvalue weighted by Crippen LogP contribution is 2.35. The van der Waals surface area contributed by atoms with E-state index in [1.807, 2.05) is 58.0 Å². The van der Waals surface area contributed by atoms with Gasteiger partial charge >= 0.3 is 6.09 Å². The van der Waals surface area contributed by atoms with Crippen molar-refractivity contribution >= 4 is 23.3 Å². The number of carbonyl (C=O) groups excluding carboxylic acids is 2. The number of hydrogen-bond donors (Lipinski definition) is 1. The number of carbonyl (C=O) groups is 2. The third-order valence-corrected chi connectivity index (χ3v) is 7.35. The Balaban J connectivity index is 1.30. The van der Waals surface area contributed by atoms with Gasteiger partial charge in [0, 0.05) is 48.6 Å². The lowest BCUT2D eigenvalue weighted by Gasteiger charge is -2.33. The van der Waals surface area contributed by atoms with Gasteiger partial charge in [-0.05, 0) is 76.9 Å². The Morgan fingerprint density at radius 3 is 2.49 bits per heavy atom. The number of anilines is 1. The van der Waals surface area contributed by atoms with E-state index in [0.717, 1.165) is 17.0 Å². The maximum atomic E-state index is 13.8. The summed E-state index contributed by atoms with van der Waals surface area (Å²) in [5.74, 6) is 1.65. The van der Waals surface area contributed by atoms with Crippen LogP contribution in [0.1, 0.15) is 62.5 Å². The fraction of sp³-hybridized carbons (Fsp3) is 0.375. The molecule has 2 aromatic carbocycles. The maximum Gasteiger partial charge on any atom is 0.410 e. The molecule has 4 aromatic rings. The van der Waals surface area contributed by atoms with Gasteiger partial charge in [-0.2, -0.15) is 5.10 Å². The number of nitrogens with zero attached hydrogens (tertiary/aromatic N) is 4. The van der Waals surface area contributed by atoms with Gasteiger partial charge < -0.3 is 29.2 Å². The SMILES string of the molecule is CCOc1ccc(-c2cc3nc(C4CCN(C(=O)OC(C)(C)C)CC4)c(C(=O)Nc4ccc5c(c4)OCO5)cn3n2)cc1. The van der Waals surface area contributed by atoms with Gasteiger partial charge in [-0.15, -0.1) is 0 Å². The van der Waals surface area contributed by atoms with Crippen molar-refractivity contribution in [2.24, 2.45) is 0 Å². The molecule has 2 aliphatic heterocycles. The molecule has 1 saturated heterocycles. The smallest absolute Gasteiger partial charge is 0.410 e. The van der Waals surface area contributed by atoms with E-state index in [1.54, 1.807) is 33.8 Å². The summed E-state index contributed by atoms with van der Waals surface area (Å²) in [5, 5.41) is 7.73. The molecule has 0 radical (unpaired) electrons. The lowest BCUT2D eigenvalue weighted by Crippen LogP contribution is -2.41. The third-order valence-electron chi connectivity index (χ3n) is 7.35. The minimum Gasteiger partial charge on any atom is -0.494 e. The number of rotatable bonds is 6. The Morgan fingerprint density at radius 1 is 1.02 bits per heavy atom. The second-order valence-electron chi connectivity index (χ2n) is 11.6. The van der Waals surface area contributed by atoms with Gasteiger partial charge in [-0.1, -0.05) is 0 Å². The van der Waals surface area contributed by atoms with Crippen molar-refractivity contribution in [1.29, 1.82) is 0 Å². The van der Waals surface area contributed by atoms with Crippen molar-refractivity contribution in [2.75, 3.05) is 31.8 Å². The summed E-state index contributed by atoms with van der Waals surface area (Å²) in [7, 11) is 0. The quantitative estimate of drug-likeness (QED) is 0.298. The van der Waals surface area contributed by atoms with Gasteiger partial charge in [0.1, 0.15) is 11.4 Å². The average molecular weight is 586 g/mol. The fourth-order valence-electron chi connectivity index (χ4n) is 5.29. The van der Waals surface area contributed by atoms with E-state index >= 15 is 0 Å². The van der Waals surface area contributed by atoms with Crippen LogP contribution in [0.2, 0.25) is 0 Å². The fourth-order valence-corrected chi connectivity index (χ4v) is 5.29. The topological polar surface area (TPSA) is 117 Å². The molecule has 0 unspecified atom stereocenters. The standard InChI is InChI=1S/C32H35N5O6/c1-5-40-23-9-6-20(7-10-23)25-17-28-34-29(21-12-14-36(15-13-21)31(39)43-32(2,3)4)24(18-37(28)35-25)30(38)33-22-8-11-26-27(16-22)42-19-41-26/h6-11,16-18,21H,5,12-15,19H2,1-4H3,(H,33,38). The van der Waals surface area contributed by atoms with E-state index < -0.39 is 5.60 Å². The van der Waals surface area contributed by atoms with Gasteiger partial charge in [0.15, 0.2) is 17.1 Å². The molecule has 4 heterocycles. The van der Waals surface area contributed by atoms with E-state index in [1.165, 1.54) is 0 Å². The molecule has 224 valence electrons. The summed E-state index contributed by atoms with van der Waals surface area (Å²) in [6.45, 7) is 9.27. The van der Waals surface area contributed by atoms with Crippen molar-refractivity contribution in [3.8, 4) is 28.5 Å². The summed E-state index contributed by atoms with van der Waals surface area (Å²) in [6, 6.07) is 14.9. The van der Waals surface area contributed by atoms with Crippen LogP contribution < -0.4 is 19.5 Å². The molecule has 0 atom stereocenters. The number of benzene rings is 2. The number of aromatic nitrogens is 3. The average Bonchev–Trinajstić information content (AvgIpc) is 3.63. The molecule has 11 heteroatoms. The van der Waals surface area contributed by atoms with E-state index in [-0.39, 0.29) is 24.7 Å². The summed E-state index contributed by atoms with van der Waals surface area (Å²) in [5.41, 5.74) is 3.38. The van der Waals surface area contributed by atoms with Gasteiger partial charge in [-0.25, -0.2) is 14.3 Å². The summed E-state index contributed by atoms with van der Waals surface area (Å²) >= 11 is 0. The van der Waals surface area contributed by atoms with Gasteiger partial charge in [-0.3, -0.25) is 4.79 Å². The van der Waals surface area contributed by atoms with Crippen LogP contribution in [0.3, 0.4) is 0 Å². The first kappa shape index (κ1) is 28.3. The van der Waals surface area contributed by atoms with Crippen molar-refractivity contribution in [3.05, 3.63) is 66.0 Å². The predicted molar refractivity (Wildman–Crippen MR) is 160 cm³/mol. The molecule has 0 saturated carbocycles. The van der Waals surface area contributed by atoms with Crippen LogP contribution in [0, 0.1) is 0 Å². The minimum absolute atomic E-state index is 0.0370. The van der Waals surface area contributed by atoms with Crippen molar-refractivity contribution in [1.82, 2.24) is 19.5 Å². The van der Waals surface area contributed by atoms with Crippen molar-refractivity contribution < 1.29 is 28.5 Å². The summed E-state index contributed by atoms with van der Waals surface area (Å²) in [6.07, 6.45) is 2.70. The van der Waals surface area contributed by atoms with E-state index in [9.17, 15) is 9.59 Å². The van der Waals surface area contributed by atoms with Crippen molar-refractivity contribution in [3.63, 3.8) is 0 Å². The molecule has 0 aliphatic carbocycles. The Hall–Kier alpha value is -4.80. The number of ether oxygens (including phenoxy) is 4. The van der Waals surface area contributed by atoms with Crippen molar-refractivity contribution in [2.45, 2.75) is 52.1 Å². The maximum absolute atomic E-state index is 13.8. The third kappa shape index (κ3) is 6.20. The highest BCUT2D eigenvalue weighted by atomic mass is 16.7. The van der Waals surface area contributed by atoms with E-state index in [4.69, 9.17) is 29.0 Å². The first-order valence-electron chi connectivity index (χ1n) is 14.5. The lowest BCUT2D eigenvalue weighted by atomic mass is 9.90. The zero-order valence-electron chi connectivity index (χ0n) is 24.8. The van der Waals surface area contributed by atoms with Crippen LogP contribution >= 0.6 is 0 Å². The minimum atomic E-state index is -0.566. The first-order chi connectivity index (χ1) is 20.7. The van der Waals surface area contributed by atoms with Crippen LogP contribution in [0.5, 0.6) is 17.2 Å². The van der Waals surface area contributed by atoms with Gasteiger partial charge in [0.05, 0.1) is 23.6 Å². The van der Waals surface area contributed by atoms with Crippen LogP contribution in [0.25, 0.3) is 16.9 Å². The molecular weight excluding hydrogens is 550 g/mol. The highest BCUT2D eigenvalue weighted by molar-refractivity contribution is 6.05. The zero-order chi connectivity index (χ0) is 30.1. The molecule has 6 rings (SSSR count). The second kappa shape index (κ2) is 11.5. The van der Waals surface area contributed by atoms with Crippen LogP contribution in [-0.4, -0.2) is 63.6 Å². The number of amides is 2. The number of hydrogen-bond acceptors (Lipinski definition) is 8. The Morgan fingerprint density at radius 2 is 1.77 bits per heavy atom. The molecule has 2 amide bonds. The number of likely N-dealkylation sites (tertiary alicyclic amines) is 1. The normalized spacial score (nSPS) is 15.0. The van der Waals surface area contributed by atoms with Crippen LogP contribution in [0.4, 0.5) is 10.5 Å². The molecule has 11 nitrogen and oxygen atoms in total. The molecule has 0 spiro atoms. The molecule has 43 heavy (non-hydrogen) atoms. The molecule has 1 N–H and O–H groups in total. The molecule has 2 aromatic heterocycles. The molecule has 1 fully saturated rings. The largest absolute Gasteiger partial charge is 0.494 e. The number of nitrogens with one attached hydrogen (secondary N) is 1. The molecule has 2 aliphatic rings. The Labute approximate surface area is 249 Å². The van der Waals surface area contributed by atoms with E-state index in [2.05, 4.69) is 5.32 Å². The number of fused-ring (bicyclic) bond motifs is 2. The van der Waals surface area contributed by atoms with Crippen LogP contribution in [-0.2, 0) is 4.74 Å². The van der Waals surface area contributed by atoms with Gasteiger partial charge in [0.25, 0.3) is 5.91 Å². The lowest BCUT2D eigenvalue weighted by molar-refractivity contribution is 0.0203. The van der Waals surface area contributed by atoms with Crippen LogP contribution in [0.15, 0.2) is 54.7 Å². The second-order valence-corrected chi connectivity index (χ2v) is 11.6. The molecule has 0 bridgehead atoms. The summed E-state index contributed by atoms with van der Waals surface area (Å²) in [4.78, 5) is 33.1. The van der Waals surface area contributed by atoms with Gasteiger partial charge in [0.2, 0.25) is 6.79 Å².